The molecule has 0 atom stereocenters. The molecule has 0 N–H and O–H groups in total. The van der Waals surface area contributed by atoms with Crippen molar-refractivity contribution in [2.75, 3.05) is 0 Å². The SMILES string of the molecule is C1=C(c2ccc3c(c2)Oc2ccccc2C32c3ccccc3-c3ccccc32)CCC(c2nc3ccccc3n2-c2ccccc2)=C1. The van der Waals surface area contributed by atoms with Gasteiger partial charge in [0.2, 0.25) is 0 Å². The number of imidazole rings is 1. The number of benzene rings is 6. The molecule has 0 amide bonds. The van der Waals surface area contributed by atoms with Gasteiger partial charge < -0.3 is 4.74 Å². The fourth-order valence-corrected chi connectivity index (χ4v) is 8.20. The number of rotatable bonds is 3. The van der Waals surface area contributed by atoms with Crippen molar-refractivity contribution in [3.05, 3.63) is 191 Å². The second-order valence-electron chi connectivity index (χ2n) is 12.6. The van der Waals surface area contributed by atoms with Crippen molar-refractivity contribution in [3.8, 4) is 28.3 Å². The quantitative estimate of drug-likeness (QED) is 0.201. The van der Waals surface area contributed by atoms with Crippen LogP contribution in [0.4, 0.5) is 0 Å². The van der Waals surface area contributed by atoms with E-state index in [0.29, 0.717) is 0 Å². The number of hydrogen-bond donors (Lipinski definition) is 0. The van der Waals surface area contributed by atoms with Gasteiger partial charge in [-0.05, 0) is 88.2 Å². The minimum atomic E-state index is -0.430. The molecule has 0 saturated heterocycles. The fraction of sp³-hybridized carbons (Fsp3) is 0.0682. The highest BCUT2D eigenvalue weighted by atomic mass is 16.5. The molecule has 0 saturated carbocycles. The molecule has 2 heterocycles. The molecule has 0 radical (unpaired) electrons. The van der Waals surface area contributed by atoms with Gasteiger partial charge in [0.1, 0.15) is 17.3 Å². The third kappa shape index (κ3) is 3.71. The molecule has 0 unspecified atom stereocenters. The van der Waals surface area contributed by atoms with Gasteiger partial charge in [-0.2, -0.15) is 0 Å². The minimum absolute atomic E-state index is 0.430. The Bertz CT molecular complexity index is 2400. The van der Waals surface area contributed by atoms with Gasteiger partial charge in [0, 0.05) is 16.8 Å². The van der Waals surface area contributed by atoms with Crippen LogP contribution in [0.25, 0.3) is 39.0 Å². The predicted molar refractivity (Wildman–Crippen MR) is 190 cm³/mol. The number of fused-ring (bicyclic) bond motifs is 10. The molecule has 6 aromatic carbocycles. The summed E-state index contributed by atoms with van der Waals surface area (Å²) >= 11 is 0. The molecule has 3 nitrogen and oxygen atoms in total. The van der Waals surface area contributed by atoms with Gasteiger partial charge in [-0.1, -0.05) is 121 Å². The molecule has 222 valence electrons. The zero-order chi connectivity index (χ0) is 31.0. The van der Waals surface area contributed by atoms with Crippen LogP contribution >= 0.6 is 0 Å². The summed E-state index contributed by atoms with van der Waals surface area (Å²) in [4.78, 5) is 5.11. The lowest BCUT2D eigenvalue weighted by Crippen LogP contribution is -2.32. The van der Waals surface area contributed by atoms with Crippen molar-refractivity contribution >= 4 is 22.2 Å². The van der Waals surface area contributed by atoms with Gasteiger partial charge >= 0.3 is 0 Å². The molecular weight excluding hydrogens is 572 g/mol. The average molecular weight is 603 g/mol. The molecule has 3 heteroatoms. The van der Waals surface area contributed by atoms with Crippen LogP contribution in [0.5, 0.6) is 11.5 Å². The highest BCUT2D eigenvalue weighted by Crippen LogP contribution is 2.62. The summed E-state index contributed by atoms with van der Waals surface area (Å²) in [5.41, 5.74) is 14.2. The Hall–Kier alpha value is -5.93. The summed E-state index contributed by atoms with van der Waals surface area (Å²) in [5, 5.41) is 0. The number of para-hydroxylation sites is 4. The maximum atomic E-state index is 6.76. The van der Waals surface area contributed by atoms with E-state index in [9.17, 15) is 0 Å². The first-order valence-corrected chi connectivity index (χ1v) is 16.4. The molecule has 0 bridgehead atoms. The molecule has 3 aliphatic rings. The Morgan fingerprint density at radius 1 is 0.532 bits per heavy atom. The topological polar surface area (TPSA) is 27.1 Å². The van der Waals surface area contributed by atoms with E-state index >= 15 is 0 Å². The van der Waals surface area contributed by atoms with E-state index in [-0.39, 0.29) is 0 Å². The number of aromatic nitrogens is 2. The molecule has 1 aliphatic heterocycles. The first-order chi connectivity index (χ1) is 23.3. The first-order valence-electron chi connectivity index (χ1n) is 16.4. The summed E-state index contributed by atoms with van der Waals surface area (Å²) in [6.07, 6.45) is 6.38. The molecule has 47 heavy (non-hydrogen) atoms. The van der Waals surface area contributed by atoms with Crippen molar-refractivity contribution in [1.29, 1.82) is 0 Å². The lowest BCUT2D eigenvalue weighted by Gasteiger charge is -2.39. The minimum Gasteiger partial charge on any atom is -0.457 e. The smallest absolute Gasteiger partial charge is 0.141 e. The van der Waals surface area contributed by atoms with E-state index in [2.05, 4.69) is 162 Å². The van der Waals surface area contributed by atoms with E-state index in [4.69, 9.17) is 9.72 Å². The van der Waals surface area contributed by atoms with Crippen LogP contribution < -0.4 is 4.74 Å². The Kier molecular flexibility index (Phi) is 5.62. The van der Waals surface area contributed by atoms with Gasteiger partial charge in [0.05, 0.1) is 16.4 Å². The van der Waals surface area contributed by atoms with Crippen LogP contribution in [0.15, 0.2) is 158 Å². The molecule has 1 spiro atoms. The van der Waals surface area contributed by atoms with Crippen molar-refractivity contribution in [2.24, 2.45) is 0 Å². The monoisotopic (exact) mass is 602 g/mol. The summed E-state index contributed by atoms with van der Waals surface area (Å²) < 4.78 is 9.05. The molecule has 2 aliphatic carbocycles. The van der Waals surface area contributed by atoms with Crippen LogP contribution in [0, 0.1) is 0 Å². The van der Waals surface area contributed by atoms with Crippen LogP contribution in [0.2, 0.25) is 0 Å². The van der Waals surface area contributed by atoms with Crippen LogP contribution in [-0.2, 0) is 5.41 Å². The summed E-state index contributed by atoms with van der Waals surface area (Å²) in [6.45, 7) is 0. The first kappa shape index (κ1) is 26.3. The summed E-state index contributed by atoms with van der Waals surface area (Å²) in [7, 11) is 0. The van der Waals surface area contributed by atoms with E-state index in [1.807, 2.05) is 0 Å². The van der Waals surface area contributed by atoms with Crippen molar-refractivity contribution < 1.29 is 4.74 Å². The van der Waals surface area contributed by atoms with Gasteiger partial charge in [0.15, 0.2) is 0 Å². The molecular formula is C44H30N2O. The van der Waals surface area contributed by atoms with E-state index < -0.39 is 5.41 Å². The van der Waals surface area contributed by atoms with Crippen molar-refractivity contribution in [2.45, 2.75) is 18.3 Å². The largest absolute Gasteiger partial charge is 0.457 e. The van der Waals surface area contributed by atoms with Crippen LogP contribution in [0.1, 0.15) is 46.5 Å². The maximum absolute atomic E-state index is 6.76. The van der Waals surface area contributed by atoms with E-state index in [1.165, 1.54) is 50.1 Å². The summed E-state index contributed by atoms with van der Waals surface area (Å²) in [6, 6.07) is 52.1. The van der Waals surface area contributed by atoms with Gasteiger partial charge in [0.25, 0.3) is 0 Å². The fourth-order valence-electron chi connectivity index (χ4n) is 8.20. The second kappa shape index (κ2) is 10.0. The third-order valence-corrected chi connectivity index (χ3v) is 10.2. The average Bonchev–Trinajstić information content (AvgIpc) is 3.67. The van der Waals surface area contributed by atoms with Crippen LogP contribution in [-0.4, -0.2) is 9.55 Å². The van der Waals surface area contributed by atoms with Gasteiger partial charge in [-0.25, -0.2) is 4.98 Å². The Morgan fingerprint density at radius 2 is 1.15 bits per heavy atom. The standard InChI is InChI=1S/C44H30N2O/c1-2-12-32(13-3-1)46-40-20-10-9-19-39(40)45-43(46)30-24-22-29(23-25-30)31-26-27-38-42(28-31)47-41-21-11-8-18-37(41)44(38)35-16-6-4-14-33(35)34-15-5-7-17-36(34)44/h1-22,24,26-28H,23,25H2. The van der Waals surface area contributed by atoms with E-state index in [0.717, 1.165) is 46.9 Å². The van der Waals surface area contributed by atoms with Crippen LogP contribution in [0.3, 0.4) is 0 Å². The highest BCUT2D eigenvalue weighted by molar-refractivity contribution is 5.89. The Labute approximate surface area is 273 Å². The molecule has 1 aromatic heterocycles. The van der Waals surface area contributed by atoms with E-state index in [1.54, 1.807) is 0 Å². The zero-order valence-corrected chi connectivity index (χ0v) is 25.7. The number of nitrogens with zero attached hydrogens (tertiary/aromatic N) is 2. The Morgan fingerprint density at radius 3 is 1.91 bits per heavy atom. The molecule has 10 rings (SSSR count). The normalized spacial score (nSPS) is 15.2. The lowest BCUT2D eigenvalue weighted by atomic mass is 9.66. The predicted octanol–water partition coefficient (Wildman–Crippen LogP) is 10.8. The van der Waals surface area contributed by atoms with Gasteiger partial charge in [-0.15, -0.1) is 0 Å². The van der Waals surface area contributed by atoms with Crippen molar-refractivity contribution in [3.63, 3.8) is 0 Å². The molecule has 7 aromatic rings. The van der Waals surface area contributed by atoms with Gasteiger partial charge in [-0.3, -0.25) is 4.57 Å². The number of hydrogen-bond acceptors (Lipinski definition) is 2. The number of ether oxygens (including phenoxy) is 1. The second-order valence-corrected chi connectivity index (χ2v) is 12.6. The zero-order valence-electron chi connectivity index (χ0n) is 25.7. The third-order valence-electron chi connectivity index (χ3n) is 10.2. The Balaban J connectivity index is 1.10. The van der Waals surface area contributed by atoms with Crippen molar-refractivity contribution in [1.82, 2.24) is 9.55 Å². The lowest BCUT2D eigenvalue weighted by molar-refractivity contribution is 0.436. The highest BCUT2D eigenvalue weighted by Gasteiger charge is 2.50. The number of allylic oxidation sites excluding steroid dienone is 4. The maximum Gasteiger partial charge on any atom is 0.141 e. The molecule has 0 fully saturated rings. The summed E-state index contributed by atoms with van der Waals surface area (Å²) in [5.74, 6) is 2.86.